The molecule has 0 saturated heterocycles. The van der Waals surface area contributed by atoms with Crippen LogP contribution < -0.4 is 25.8 Å². The molecule has 2 aromatic carbocycles. The molecule has 140 valence electrons. The van der Waals surface area contributed by atoms with E-state index in [9.17, 15) is 4.79 Å². The Hall–Kier alpha value is -2.49. The number of nitrogens with one attached hydrogen (secondary N) is 2. The maximum absolute atomic E-state index is 11.5. The van der Waals surface area contributed by atoms with Crippen LogP contribution in [0.5, 0.6) is 11.5 Å². The highest BCUT2D eigenvalue weighted by Crippen LogP contribution is 2.28. The van der Waals surface area contributed by atoms with Gasteiger partial charge in [0.15, 0.2) is 5.96 Å². The molecule has 0 atom stereocenters. The van der Waals surface area contributed by atoms with Crippen LogP contribution >= 0.6 is 24.0 Å². The van der Waals surface area contributed by atoms with E-state index in [0.29, 0.717) is 29.3 Å². The Morgan fingerprint density at radius 1 is 1.12 bits per heavy atom. The minimum atomic E-state index is -0.124. The van der Waals surface area contributed by atoms with Crippen molar-refractivity contribution in [3.05, 3.63) is 53.6 Å². The van der Waals surface area contributed by atoms with Gasteiger partial charge in [-0.2, -0.15) is 0 Å². The molecule has 0 heterocycles. The Kier molecular flexibility index (Phi) is 8.70. The number of carbonyl (C=O) groups is 1. The van der Waals surface area contributed by atoms with Crippen molar-refractivity contribution < 1.29 is 14.3 Å². The maximum atomic E-state index is 11.5. The third-order valence-electron chi connectivity index (χ3n) is 3.54. The number of nitrogens with two attached hydrogens (primary N) is 1. The van der Waals surface area contributed by atoms with Gasteiger partial charge in [0.2, 0.25) is 0 Å². The second-order valence-corrected chi connectivity index (χ2v) is 5.17. The number of hydrogen-bond acceptors (Lipinski definition) is 4. The van der Waals surface area contributed by atoms with Crippen molar-refractivity contribution in [1.82, 2.24) is 5.32 Å². The predicted octanol–water partition coefficient (Wildman–Crippen LogP) is 2.61. The van der Waals surface area contributed by atoms with E-state index in [4.69, 9.17) is 15.2 Å². The summed E-state index contributed by atoms with van der Waals surface area (Å²) >= 11 is 0. The molecule has 0 spiro atoms. The normalized spacial score (nSPS) is 10.5. The van der Waals surface area contributed by atoms with Crippen LogP contribution in [0.25, 0.3) is 0 Å². The summed E-state index contributed by atoms with van der Waals surface area (Å²) in [4.78, 5) is 15.8. The van der Waals surface area contributed by atoms with Crippen molar-refractivity contribution >= 4 is 41.5 Å². The van der Waals surface area contributed by atoms with Gasteiger partial charge in [-0.25, -0.2) is 4.99 Å². The van der Waals surface area contributed by atoms with E-state index in [2.05, 4.69) is 15.6 Å². The highest BCUT2D eigenvalue weighted by molar-refractivity contribution is 14.0. The number of amides is 1. The van der Waals surface area contributed by atoms with Crippen molar-refractivity contribution in [1.29, 1.82) is 0 Å². The molecular weight excluding hydrogens is 447 g/mol. The number of methoxy groups -OCH3 is 2. The largest absolute Gasteiger partial charge is 0.497 e. The summed E-state index contributed by atoms with van der Waals surface area (Å²) in [5.41, 5.74) is 8.15. The van der Waals surface area contributed by atoms with Gasteiger partial charge in [-0.15, -0.1) is 24.0 Å². The Morgan fingerprint density at radius 3 is 2.38 bits per heavy atom. The number of aliphatic imine (C=N–C) groups is 1. The average Bonchev–Trinajstić information content (AvgIpc) is 2.66. The number of guanidine groups is 1. The van der Waals surface area contributed by atoms with Crippen LogP contribution in [0.3, 0.4) is 0 Å². The number of anilines is 1. The molecular formula is C18H23IN4O3. The van der Waals surface area contributed by atoms with Gasteiger partial charge in [0.05, 0.1) is 26.5 Å². The van der Waals surface area contributed by atoms with Gasteiger partial charge in [0.25, 0.3) is 5.91 Å². The Bertz CT molecular complexity index is 764. The first-order valence-corrected chi connectivity index (χ1v) is 7.67. The second-order valence-electron chi connectivity index (χ2n) is 5.17. The monoisotopic (exact) mass is 470 g/mol. The summed E-state index contributed by atoms with van der Waals surface area (Å²) in [5.74, 6) is 1.44. The van der Waals surface area contributed by atoms with Crippen molar-refractivity contribution in [2.75, 3.05) is 26.6 Å². The molecule has 0 radical (unpaired) electrons. The quantitative estimate of drug-likeness (QED) is 0.343. The zero-order valence-electron chi connectivity index (χ0n) is 14.9. The maximum Gasteiger partial charge on any atom is 0.251 e. The summed E-state index contributed by atoms with van der Waals surface area (Å²) in [6.45, 7) is 0.388. The summed E-state index contributed by atoms with van der Waals surface area (Å²) < 4.78 is 10.5. The fraction of sp³-hybridized carbons (Fsp3) is 0.222. The molecule has 0 aliphatic carbocycles. The smallest absolute Gasteiger partial charge is 0.251 e. The van der Waals surface area contributed by atoms with Gasteiger partial charge >= 0.3 is 0 Å². The molecule has 0 aliphatic heterocycles. The van der Waals surface area contributed by atoms with Gasteiger partial charge in [-0.1, -0.05) is 12.1 Å². The third-order valence-corrected chi connectivity index (χ3v) is 3.54. The van der Waals surface area contributed by atoms with E-state index < -0.39 is 0 Å². The summed E-state index contributed by atoms with van der Waals surface area (Å²) in [5, 5.41) is 5.58. The van der Waals surface area contributed by atoms with E-state index >= 15 is 0 Å². The van der Waals surface area contributed by atoms with Crippen LogP contribution in [-0.4, -0.2) is 33.1 Å². The summed E-state index contributed by atoms with van der Waals surface area (Å²) in [6.07, 6.45) is 0. The lowest BCUT2D eigenvalue weighted by Crippen LogP contribution is -2.23. The molecule has 0 aliphatic rings. The highest BCUT2D eigenvalue weighted by Gasteiger charge is 2.06. The zero-order chi connectivity index (χ0) is 18.2. The van der Waals surface area contributed by atoms with Crippen LogP contribution in [0.15, 0.2) is 47.5 Å². The molecule has 8 heteroatoms. The van der Waals surface area contributed by atoms with Crippen molar-refractivity contribution in [2.45, 2.75) is 6.54 Å². The van der Waals surface area contributed by atoms with Gasteiger partial charge in [-0.05, 0) is 29.8 Å². The van der Waals surface area contributed by atoms with Gasteiger partial charge in [-0.3, -0.25) is 4.79 Å². The zero-order valence-corrected chi connectivity index (χ0v) is 17.2. The fourth-order valence-corrected chi connectivity index (χ4v) is 2.17. The summed E-state index contributed by atoms with van der Waals surface area (Å²) in [7, 11) is 4.76. The molecule has 2 aromatic rings. The number of halogens is 1. The van der Waals surface area contributed by atoms with Gasteiger partial charge in [0.1, 0.15) is 11.5 Å². The molecule has 26 heavy (non-hydrogen) atoms. The minimum absolute atomic E-state index is 0. The number of nitrogens with zero attached hydrogens (tertiary/aromatic N) is 1. The number of ether oxygens (including phenoxy) is 2. The summed E-state index contributed by atoms with van der Waals surface area (Å²) in [6, 6.07) is 12.5. The third kappa shape index (κ3) is 5.80. The number of carbonyl (C=O) groups excluding carboxylic acids is 1. The Morgan fingerprint density at radius 2 is 1.81 bits per heavy atom. The molecule has 0 saturated carbocycles. The number of hydrogen-bond donors (Lipinski definition) is 3. The molecule has 1 amide bonds. The first-order chi connectivity index (χ1) is 12.1. The predicted molar refractivity (Wildman–Crippen MR) is 114 cm³/mol. The van der Waals surface area contributed by atoms with Crippen LogP contribution in [0.4, 0.5) is 5.69 Å². The van der Waals surface area contributed by atoms with Crippen LogP contribution in [0.2, 0.25) is 0 Å². The molecule has 0 unspecified atom stereocenters. The standard InChI is InChI=1S/C18H22N4O3.HI/c1-20-17(23)13-6-4-12(5-7-13)11-21-18(19)22-15-10-14(24-2)8-9-16(15)25-3;/h4-10H,11H2,1-3H3,(H,20,23)(H3,19,21,22);1H. The molecule has 4 N–H and O–H groups in total. The number of rotatable bonds is 6. The SMILES string of the molecule is CNC(=O)c1ccc(CN=C(N)Nc2cc(OC)ccc2OC)cc1.I. The van der Waals surface area contributed by atoms with Crippen LogP contribution in [-0.2, 0) is 6.54 Å². The molecule has 0 bridgehead atoms. The lowest BCUT2D eigenvalue weighted by Gasteiger charge is -2.12. The molecule has 7 nitrogen and oxygen atoms in total. The fourth-order valence-electron chi connectivity index (χ4n) is 2.17. The van der Waals surface area contributed by atoms with Crippen LogP contribution in [0, 0.1) is 0 Å². The van der Waals surface area contributed by atoms with E-state index in [1.165, 1.54) is 0 Å². The number of benzene rings is 2. The second kappa shape index (κ2) is 10.5. The Labute approximate surface area is 170 Å². The van der Waals surface area contributed by atoms with E-state index in [1.807, 2.05) is 12.1 Å². The molecule has 0 aromatic heterocycles. The first kappa shape index (κ1) is 21.6. The minimum Gasteiger partial charge on any atom is -0.497 e. The van der Waals surface area contributed by atoms with Crippen molar-refractivity contribution in [3.63, 3.8) is 0 Å². The van der Waals surface area contributed by atoms with E-state index in [0.717, 1.165) is 5.56 Å². The van der Waals surface area contributed by atoms with Gasteiger partial charge < -0.3 is 25.8 Å². The first-order valence-electron chi connectivity index (χ1n) is 7.67. The van der Waals surface area contributed by atoms with Gasteiger partial charge in [0, 0.05) is 18.7 Å². The average molecular weight is 470 g/mol. The molecule has 2 rings (SSSR count). The lowest BCUT2D eigenvalue weighted by molar-refractivity contribution is 0.0963. The van der Waals surface area contributed by atoms with E-state index in [-0.39, 0.29) is 35.8 Å². The van der Waals surface area contributed by atoms with Crippen LogP contribution in [0.1, 0.15) is 15.9 Å². The molecule has 0 fully saturated rings. The Balaban J connectivity index is 0.00000338. The lowest BCUT2D eigenvalue weighted by atomic mass is 10.1. The van der Waals surface area contributed by atoms with Crippen molar-refractivity contribution in [3.8, 4) is 11.5 Å². The highest BCUT2D eigenvalue weighted by atomic mass is 127. The topological polar surface area (TPSA) is 98.0 Å². The van der Waals surface area contributed by atoms with E-state index in [1.54, 1.807) is 51.6 Å². The van der Waals surface area contributed by atoms with Crippen molar-refractivity contribution in [2.24, 2.45) is 10.7 Å².